The summed E-state index contributed by atoms with van der Waals surface area (Å²) in [4.78, 5) is 2.55. The third kappa shape index (κ3) is 5.92. The summed E-state index contributed by atoms with van der Waals surface area (Å²) in [5.41, 5.74) is 4.13. The van der Waals surface area contributed by atoms with Gasteiger partial charge in [-0.25, -0.2) is 12.8 Å². The van der Waals surface area contributed by atoms with Gasteiger partial charge in [-0.15, -0.1) is 0 Å². The maximum absolute atomic E-state index is 13.5. The SMILES string of the molecule is CCn1cc(S(=O)(=O)N2CCN(CC(C)C)[C@H](c3cc(C=N)c(Nc4ccc(F)cc4)cc3C)C2)cn1. The van der Waals surface area contributed by atoms with E-state index in [2.05, 4.69) is 29.2 Å². The number of hydrogen-bond donors (Lipinski definition) is 2. The van der Waals surface area contributed by atoms with E-state index < -0.39 is 10.0 Å². The van der Waals surface area contributed by atoms with Crippen LogP contribution < -0.4 is 5.32 Å². The number of anilines is 2. The van der Waals surface area contributed by atoms with Crippen LogP contribution >= 0.6 is 0 Å². The number of sulfonamides is 1. The van der Waals surface area contributed by atoms with E-state index in [9.17, 15) is 12.8 Å². The van der Waals surface area contributed by atoms with Crippen LogP contribution in [0.25, 0.3) is 0 Å². The van der Waals surface area contributed by atoms with Crippen molar-refractivity contribution < 1.29 is 12.8 Å². The number of aryl methyl sites for hydroxylation is 2. The van der Waals surface area contributed by atoms with Crippen molar-refractivity contribution in [2.45, 2.75) is 45.2 Å². The standard InChI is InChI=1S/C27H35FN6O2S/c1-5-33-17-24(15-30-33)37(35,36)34-11-10-32(16-19(2)3)27(18-34)25-13-21(14-29)26(12-20(25)4)31-23-8-6-22(28)7-9-23/h6-9,12-15,17,19,27,29,31H,5,10-11,16,18H2,1-4H3/t27-/m0/s1. The Balaban J connectivity index is 1.68. The lowest BCUT2D eigenvalue weighted by Crippen LogP contribution is -2.51. The van der Waals surface area contributed by atoms with Crippen molar-refractivity contribution in [3.63, 3.8) is 0 Å². The molecule has 0 unspecified atom stereocenters. The van der Waals surface area contributed by atoms with Crippen LogP contribution in [0.1, 0.15) is 43.5 Å². The first-order chi connectivity index (χ1) is 17.6. The molecule has 2 aromatic carbocycles. The van der Waals surface area contributed by atoms with E-state index >= 15 is 0 Å². The smallest absolute Gasteiger partial charge is 0.246 e. The Morgan fingerprint density at radius 3 is 2.57 bits per heavy atom. The first-order valence-corrected chi connectivity index (χ1v) is 14.0. The Morgan fingerprint density at radius 1 is 1.22 bits per heavy atom. The molecule has 198 valence electrons. The summed E-state index contributed by atoms with van der Waals surface area (Å²) >= 11 is 0. The Bertz CT molecular complexity index is 1350. The summed E-state index contributed by atoms with van der Waals surface area (Å²) in [5, 5.41) is 15.5. The number of nitrogens with one attached hydrogen (secondary N) is 2. The van der Waals surface area contributed by atoms with E-state index in [0.717, 1.165) is 29.0 Å². The molecule has 1 atom stereocenters. The molecule has 10 heteroatoms. The lowest BCUT2D eigenvalue weighted by atomic mass is 9.94. The molecule has 0 aliphatic carbocycles. The molecule has 3 aromatic rings. The zero-order valence-corrected chi connectivity index (χ0v) is 22.6. The second kappa shape index (κ2) is 11.1. The minimum atomic E-state index is -3.69. The fraction of sp³-hybridized carbons (Fsp3) is 0.407. The number of hydrogen-bond acceptors (Lipinski definition) is 6. The lowest BCUT2D eigenvalue weighted by Gasteiger charge is -2.42. The van der Waals surface area contributed by atoms with Gasteiger partial charge in [-0.3, -0.25) is 9.58 Å². The Labute approximate surface area is 218 Å². The minimum absolute atomic E-state index is 0.161. The molecule has 4 rings (SSSR count). The van der Waals surface area contributed by atoms with Crippen LogP contribution in [0.5, 0.6) is 0 Å². The van der Waals surface area contributed by atoms with Crippen LogP contribution in [0.4, 0.5) is 15.8 Å². The van der Waals surface area contributed by atoms with Gasteiger partial charge in [0.05, 0.1) is 6.20 Å². The van der Waals surface area contributed by atoms with E-state index in [1.165, 1.54) is 24.5 Å². The summed E-state index contributed by atoms with van der Waals surface area (Å²) in [5.74, 6) is 0.101. The monoisotopic (exact) mass is 526 g/mol. The highest BCUT2D eigenvalue weighted by atomic mass is 32.2. The molecular formula is C27H35FN6O2S. The minimum Gasteiger partial charge on any atom is -0.355 e. The summed E-state index contributed by atoms with van der Waals surface area (Å²) in [7, 11) is -3.69. The number of nitrogens with zero attached hydrogens (tertiary/aromatic N) is 4. The van der Waals surface area contributed by atoms with Crippen molar-refractivity contribution in [1.82, 2.24) is 19.0 Å². The third-order valence-electron chi connectivity index (χ3n) is 6.70. The van der Waals surface area contributed by atoms with Crippen molar-refractivity contribution in [1.29, 1.82) is 5.41 Å². The number of benzene rings is 2. The summed E-state index contributed by atoms with van der Waals surface area (Å²) in [6.45, 7) is 11.0. The first-order valence-electron chi connectivity index (χ1n) is 12.6. The van der Waals surface area contributed by atoms with Gasteiger partial charge in [0.1, 0.15) is 10.7 Å². The number of aromatic nitrogens is 2. The molecule has 0 spiro atoms. The molecule has 0 amide bonds. The van der Waals surface area contributed by atoms with Gasteiger partial charge in [-0.2, -0.15) is 9.40 Å². The lowest BCUT2D eigenvalue weighted by molar-refractivity contribution is 0.105. The first kappa shape index (κ1) is 27.0. The second-order valence-electron chi connectivity index (χ2n) is 9.87. The second-order valence-corrected chi connectivity index (χ2v) is 11.8. The number of halogens is 1. The summed E-state index contributed by atoms with van der Waals surface area (Å²) in [6, 6.07) is 9.87. The molecule has 8 nitrogen and oxygen atoms in total. The van der Waals surface area contributed by atoms with Gasteiger partial charge in [0.15, 0.2) is 0 Å². The van der Waals surface area contributed by atoms with Gasteiger partial charge in [0, 0.05) is 68.1 Å². The van der Waals surface area contributed by atoms with E-state index in [-0.39, 0.29) is 16.8 Å². The van der Waals surface area contributed by atoms with Gasteiger partial charge >= 0.3 is 0 Å². The zero-order chi connectivity index (χ0) is 26.7. The van der Waals surface area contributed by atoms with E-state index in [0.29, 0.717) is 37.7 Å². The van der Waals surface area contributed by atoms with Crippen LogP contribution in [0, 0.1) is 24.1 Å². The quantitative estimate of drug-likeness (QED) is 0.391. The van der Waals surface area contributed by atoms with Crippen molar-refractivity contribution >= 4 is 27.6 Å². The Morgan fingerprint density at radius 2 is 1.95 bits per heavy atom. The van der Waals surface area contributed by atoms with Crippen LogP contribution in [0.15, 0.2) is 53.7 Å². The summed E-state index contributed by atoms with van der Waals surface area (Å²) in [6.07, 6.45) is 4.29. The highest BCUT2D eigenvalue weighted by Gasteiger charge is 2.36. The van der Waals surface area contributed by atoms with Crippen molar-refractivity contribution in [2.24, 2.45) is 5.92 Å². The van der Waals surface area contributed by atoms with Crippen molar-refractivity contribution in [2.75, 3.05) is 31.5 Å². The molecule has 2 N–H and O–H groups in total. The van der Waals surface area contributed by atoms with E-state index in [4.69, 9.17) is 5.41 Å². The van der Waals surface area contributed by atoms with Gasteiger partial charge in [0.25, 0.3) is 0 Å². The fourth-order valence-corrected chi connectivity index (χ4v) is 6.21. The number of piperazine rings is 1. The van der Waals surface area contributed by atoms with E-state index in [1.54, 1.807) is 27.3 Å². The average Bonchev–Trinajstić information content (AvgIpc) is 3.36. The normalized spacial score (nSPS) is 17.3. The zero-order valence-electron chi connectivity index (χ0n) is 21.8. The molecule has 1 aliphatic heterocycles. The molecule has 0 saturated carbocycles. The van der Waals surface area contributed by atoms with Gasteiger partial charge < -0.3 is 10.7 Å². The van der Waals surface area contributed by atoms with Crippen LogP contribution in [0.2, 0.25) is 0 Å². The molecule has 1 fully saturated rings. The van der Waals surface area contributed by atoms with Gasteiger partial charge in [-0.1, -0.05) is 13.8 Å². The molecular weight excluding hydrogens is 491 g/mol. The Kier molecular flexibility index (Phi) is 8.11. The Hall–Kier alpha value is -3.08. The largest absolute Gasteiger partial charge is 0.355 e. The highest BCUT2D eigenvalue weighted by molar-refractivity contribution is 7.89. The highest BCUT2D eigenvalue weighted by Crippen LogP contribution is 2.34. The predicted octanol–water partition coefficient (Wildman–Crippen LogP) is 4.80. The van der Waals surface area contributed by atoms with Crippen molar-refractivity contribution in [3.05, 3.63) is 71.3 Å². The maximum atomic E-state index is 13.5. The van der Waals surface area contributed by atoms with Gasteiger partial charge in [-0.05, 0) is 67.3 Å². The van der Waals surface area contributed by atoms with Crippen LogP contribution in [0.3, 0.4) is 0 Å². The van der Waals surface area contributed by atoms with Crippen molar-refractivity contribution in [3.8, 4) is 0 Å². The molecule has 1 saturated heterocycles. The molecule has 1 aliphatic rings. The molecule has 0 radical (unpaired) electrons. The van der Waals surface area contributed by atoms with E-state index in [1.807, 2.05) is 26.0 Å². The maximum Gasteiger partial charge on any atom is 0.246 e. The predicted molar refractivity (Wildman–Crippen MR) is 145 cm³/mol. The topological polar surface area (TPSA) is 94.3 Å². The van der Waals surface area contributed by atoms with Gasteiger partial charge in [0.2, 0.25) is 10.0 Å². The third-order valence-corrected chi connectivity index (χ3v) is 8.52. The number of rotatable bonds is 9. The summed E-state index contributed by atoms with van der Waals surface area (Å²) < 4.78 is 43.5. The van der Waals surface area contributed by atoms with Crippen LogP contribution in [-0.4, -0.2) is 59.8 Å². The fourth-order valence-electron chi connectivity index (χ4n) is 4.81. The average molecular weight is 527 g/mol. The molecule has 0 bridgehead atoms. The molecule has 2 heterocycles. The molecule has 37 heavy (non-hydrogen) atoms. The molecule has 1 aromatic heterocycles. The van der Waals surface area contributed by atoms with Crippen LogP contribution in [-0.2, 0) is 16.6 Å².